The van der Waals surface area contributed by atoms with Gasteiger partial charge in [-0.05, 0) is 15.6 Å². The van der Waals surface area contributed by atoms with Crippen molar-refractivity contribution in [2.45, 2.75) is 0 Å². The van der Waals surface area contributed by atoms with Crippen LogP contribution in [0.25, 0.3) is 0 Å². The van der Waals surface area contributed by atoms with Crippen LogP contribution in [0.5, 0.6) is 0 Å². The molecule has 0 unspecified atom stereocenters. The van der Waals surface area contributed by atoms with E-state index in [0.717, 1.165) is 15.6 Å². The molecule has 7 heteroatoms. The Morgan fingerprint density at radius 3 is 0.968 bits per heavy atom. The molecule has 0 amide bonds. The predicted octanol–water partition coefficient (Wildman–Crippen LogP) is -5.76. The number of hydrogen-bond acceptors (Lipinski definition) is 3. The molecule has 0 N–H and O–H groups in total. The predicted molar refractivity (Wildman–Crippen MR) is 117 cm³/mol. The first-order valence-electron chi connectivity index (χ1n) is 9.46. The van der Waals surface area contributed by atoms with Gasteiger partial charge < -0.3 is 13.7 Å². The van der Waals surface area contributed by atoms with Crippen LogP contribution < -0.4 is 89.5 Å². The largest absolute Gasteiger partial charge is 1.00 e. The Morgan fingerprint density at radius 1 is 0.419 bits per heavy atom. The maximum Gasteiger partial charge on any atom is 1.00 e. The van der Waals surface area contributed by atoms with Crippen molar-refractivity contribution in [2.24, 2.45) is 0 Å². The second kappa shape index (κ2) is 11.9. The van der Waals surface area contributed by atoms with Gasteiger partial charge in [-0.15, -0.1) is 0 Å². The maximum atomic E-state index is 13.4. The SMILES string of the molecule is [Na+].[Na+].[O-][Si]([O-])(O[Si](c1ccccc1)(c1ccccc1)c1ccccc1)c1ccccc1. The average molecular weight is 459 g/mol. The molecule has 0 aliphatic heterocycles. The summed E-state index contributed by atoms with van der Waals surface area (Å²) in [5.41, 5.74) is 0. The second-order valence-corrected chi connectivity index (χ2v) is 12.4. The van der Waals surface area contributed by atoms with E-state index in [4.69, 9.17) is 4.12 Å². The maximum absolute atomic E-state index is 13.4. The summed E-state index contributed by atoms with van der Waals surface area (Å²) in [6.07, 6.45) is 0. The average Bonchev–Trinajstić information content (AvgIpc) is 2.80. The molecule has 0 spiro atoms. The summed E-state index contributed by atoms with van der Waals surface area (Å²) in [6, 6.07) is 37.5. The topological polar surface area (TPSA) is 55.3 Å². The molecule has 0 atom stereocenters. The minimum atomic E-state index is -4.70. The van der Waals surface area contributed by atoms with E-state index in [0.29, 0.717) is 0 Å². The number of rotatable bonds is 6. The minimum absolute atomic E-state index is 0. The van der Waals surface area contributed by atoms with E-state index in [2.05, 4.69) is 0 Å². The molecule has 0 bridgehead atoms. The molecule has 4 rings (SSSR count). The first-order chi connectivity index (χ1) is 14.1. The van der Waals surface area contributed by atoms with Crippen molar-refractivity contribution >= 4 is 37.9 Å². The van der Waals surface area contributed by atoms with Crippen LogP contribution in [0.4, 0.5) is 0 Å². The van der Waals surface area contributed by atoms with Crippen LogP contribution in [-0.4, -0.2) is 17.1 Å². The van der Waals surface area contributed by atoms with Crippen LogP contribution in [0, 0.1) is 0 Å². The van der Waals surface area contributed by atoms with E-state index in [1.807, 2.05) is 91.0 Å². The Morgan fingerprint density at radius 2 is 0.677 bits per heavy atom. The molecule has 0 fully saturated rings. The zero-order valence-corrected chi connectivity index (χ0v) is 23.8. The summed E-state index contributed by atoms with van der Waals surface area (Å²) in [5, 5.41) is 2.87. The zero-order chi connectivity index (χ0) is 20.2. The molecule has 0 radical (unpaired) electrons. The van der Waals surface area contributed by atoms with Gasteiger partial charge in [0, 0.05) is 8.80 Å². The van der Waals surface area contributed by atoms with Crippen molar-refractivity contribution in [1.29, 1.82) is 0 Å². The fourth-order valence-corrected chi connectivity index (χ4v) is 10.7. The Labute approximate surface area is 229 Å². The van der Waals surface area contributed by atoms with Crippen molar-refractivity contribution in [3.8, 4) is 0 Å². The molecule has 4 aromatic rings. The van der Waals surface area contributed by atoms with Gasteiger partial charge in [-0.1, -0.05) is 127 Å². The Balaban J connectivity index is 0.00000171. The summed E-state index contributed by atoms with van der Waals surface area (Å²) < 4.78 is 6.34. The zero-order valence-electron chi connectivity index (χ0n) is 17.8. The molecule has 3 nitrogen and oxygen atoms in total. The Kier molecular flexibility index (Phi) is 10.1. The standard InChI is InChI=1S/C24H20O3Si2.2Na/c25-29(26,24-19-11-4-12-20-24)27-28(21-13-5-1-6-14-21,22-15-7-2-8-16-22)23-17-9-3-10-18-23;;/h1-20H;;/q-2;2*+1. The molecule has 144 valence electrons. The number of benzene rings is 4. The third-order valence-electron chi connectivity index (χ3n) is 4.96. The molecule has 31 heavy (non-hydrogen) atoms. The number of hydrogen-bond donors (Lipinski definition) is 0. The molecular weight excluding hydrogens is 438 g/mol. The van der Waals surface area contributed by atoms with E-state index in [-0.39, 0.29) is 64.3 Å². The van der Waals surface area contributed by atoms with Crippen molar-refractivity contribution in [3.05, 3.63) is 121 Å². The molecule has 0 heterocycles. The van der Waals surface area contributed by atoms with Gasteiger partial charge >= 0.3 is 59.1 Å². The first kappa shape index (κ1) is 26.4. The van der Waals surface area contributed by atoms with Gasteiger partial charge in [0.25, 0.3) is 8.32 Å². The van der Waals surface area contributed by atoms with Crippen molar-refractivity contribution in [2.75, 3.05) is 0 Å². The van der Waals surface area contributed by atoms with E-state index in [1.165, 1.54) is 0 Å². The molecule has 0 aromatic heterocycles. The van der Waals surface area contributed by atoms with E-state index >= 15 is 0 Å². The van der Waals surface area contributed by atoms with Crippen LogP contribution in [-0.2, 0) is 4.12 Å². The summed E-state index contributed by atoms with van der Waals surface area (Å²) in [5.74, 6) is 0. The molecule has 0 aliphatic rings. The van der Waals surface area contributed by atoms with E-state index in [9.17, 15) is 9.59 Å². The van der Waals surface area contributed by atoms with Crippen LogP contribution in [0.15, 0.2) is 121 Å². The van der Waals surface area contributed by atoms with Crippen molar-refractivity contribution in [1.82, 2.24) is 0 Å². The summed E-state index contributed by atoms with van der Waals surface area (Å²) in [7, 11) is -8.01. The molecular formula is C24H20Na2O3Si2. The summed E-state index contributed by atoms with van der Waals surface area (Å²) >= 11 is 0. The third kappa shape index (κ3) is 5.77. The van der Waals surface area contributed by atoms with Gasteiger partial charge in [0.1, 0.15) is 0 Å². The van der Waals surface area contributed by atoms with Gasteiger partial charge in [-0.25, -0.2) is 0 Å². The smallest absolute Gasteiger partial charge is 0.847 e. The fraction of sp³-hybridized carbons (Fsp3) is 0. The van der Waals surface area contributed by atoms with E-state index in [1.54, 1.807) is 30.3 Å². The minimum Gasteiger partial charge on any atom is -0.847 e. The Hall–Kier alpha value is -0.806. The summed E-state index contributed by atoms with van der Waals surface area (Å²) in [6.45, 7) is 0. The van der Waals surface area contributed by atoms with Gasteiger partial charge in [0.2, 0.25) is 0 Å². The van der Waals surface area contributed by atoms with Gasteiger partial charge in [0.15, 0.2) is 0 Å². The molecule has 4 aromatic carbocycles. The third-order valence-corrected chi connectivity index (χ3v) is 11.7. The molecule has 0 aliphatic carbocycles. The van der Waals surface area contributed by atoms with Gasteiger partial charge in [-0.2, -0.15) is 0 Å². The molecule has 0 saturated heterocycles. The second-order valence-electron chi connectivity index (χ2n) is 6.80. The fourth-order valence-electron chi connectivity index (χ4n) is 3.60. The quantitative estimate of drug-likeness (QED) is 0.214. The van der Waals surface area contributed by atoms with Crippen molar-refractivity contribution < 1.29 is 72.8 Å². The van der Waals surface area contributed by atoms with Gasteiger partial charge in [0.05, 0.1) is 0 Å². The molecule has 0 saturated carbocycles. The van der Waals surface area contributed by atoms with Crippen LogP contribution in [0.3, 0.4) is 0 Å². The monoisotopic (exact) mass is 458 g/mol. The normalized spacial score (nSPS) is 11.2. The van der Waals surface area contributed by atoms with Gasteiger partial charge in [-0.3, -0.25) is 0 Å². The van der Waals surface area contributed by atoms with Crippen LogP contribution >= 0.6 is 0 Å². The van der Waals surface area contributed by atoms with Crippen LogP contribution in [0.2, 0.25) is 0 Å². The Bertz CT molecular complexity index is 955. The van der Waals surface area contributed by atoms with Crippen LogP contribution in [0.1, 0.15) is 0 Å². The summed E-state index contributed by atoms with van der Waals surface area (Å²) in [4.78, 5) is 26.9. The van der Waals surface area contributed by atoms with Crippen molar-refractivity contribution in [3.63, 3.8) is 0 Å². The van der Waals surface area contributed by atoms with E-state index < -0.39 is 17.1 Å². The first-order valence-corrected chi connectivity index (χ1v) is 13.1.